The van der Waals surface area contributed by atoms with Gasteiger partial charge in [-0.3, -0.25) is 0 Å². The van der Waals surface area contributed by atoms with Crippen molar-refractivity contribution in [3.05, 3.63) is 57.5 Å². The molecule has 0 saturated carbocycles. The maximum absolute atomic E-state index is 13.4. The summed E-state index contributed by atoms with van der Waals surface area (Å²) in [5.74, 6) is -0.142. The van der Waals surface area contributed by atoms with Crippen LogP contribution < -0.4 is 5.32 Å². The Balaban J connectivity index is 1.90. The number of hydrogen-bond acceptors (Lipinski definition) is 2. The summed E-state index contributed by atoms with van der Waals surface area (Å²) in [6, 6.07) is 11.2. The van der Waals surface area contributed by atoms with Gasteiger partial charge in [-0.25, -0.2) is 4.39 Å². The second-order valence-corrected chi connectivity index (χ2v) is 6.88. The van der Waals surface area contributed by atoms with E-state index in [9.17, 15) is 4.39 Å². The topological polar surface area (TPSA) is 12.0 Å². The van der Waals surface area contributed by atoms with Gasteiger partial charge in [-0.1, -0.05) is 39.0 Å². The van der Waals surface area contributed by atoms with Gasteiger partial charge in [-0.05, 0) is 23.6 Å². The predicted molar refractivity (Wildman–Crippen MR) is 80.0 cm³/mol. The van der Waals surface area contributed by atoms with Gasteiger partial charge in [-0.15, -0.1) is 11.3 Å². The molecule has 0 saturated heterocycles. The van der Waals surface area contributed by atoms with Gasteiger partial charge in [0.2, 0.25) is 0 Å². The number of benzene rings is 1. The average Bonchev–Trinajstić information content (AvgIpc) is 2.80. The molecule has 102 valence electrons. The molecule has 0 aliphatic rings. The molecule has 0 bridgehead atoms. The zero-order valence-corrected chi connectivity index (χ0v) is 12.5. The van der Waals surface area contributed by atoms with Gasteiger partial charge in [0.25, 0.3) is 0 Å². The van der Waals surface area contributed by atoms with Crippen molar-refractivity contribution in [1.29, 1.82) is 0 Å². The highest BCUT2D eigenvalue weighted by Crippen LogP contribution is 2.29. The van der Waals surface area contributed by atoms with Gasteiger partial charge in [0.15, 0.2) is 0 Å². The number of halogens is 1. The summed E-state index contributed by atoms with van der Waals surface area (Å²) < 4.78 is 13.4. The van der Waals surface area contributed by atoms with Crippen molar-refractivity contribution in [2.24, 2.45) is 0 Å². The van der Waals surface area contributed by atoms with E-state index in [4.69, 9.17) is 0 Å². The second kappa shape index (κ2) is 5.85. The summed E-state index contributed by atoms with van der Waals surface area (Å²) in [5, 5.41) is 3.29. The lowest BCUT2D eigenvalue weighted by Gasteiger charge is -2.15. The quantitative estimate of drug-likeness (QED) is 0.869. The van der Waals surface area contributed by atoms with E-state index in [1.807, 2.05) is 23.5 Å². The molecule has 19 heavy (non-hydrogen) atoms. The minimum Gasteiger partial charge on any atom is -0.308 e. The van der Waals surface area contributed by atoms with Crippen LogP contribution in [0.1, 0.15) is 36.1 Å². The van der Waals surface area contributed by atoms with Crippen molar-refractivity contribution in [2.45, 2.75) is 39.3 Å². The van der Waals surface area contributed by atoms with Crippen molar-refractivity contribution in [2.75, 3.05) is 0 Å². The van der Waals surface area contributed by atoms with Crippen LogP contribution in [0.4, 0.5) is 4.39 Å². The highest BCUT2D eigenvalue weighted by atomic mass is 32.1. The molecule has 1 N–H and O–H groups in total. The molecule has 0 aliphatic carbocycles. The van der Waals surface area contributed by atoms with Crippen LogP contribution in [-0.2, 0) is 18.5 Å². The first kappa shape index (κ1) is 14.2. The molecule has 2 aromatic rings. The fraction of sp³-hybridized carbons (Fsp3) is 0.375. The van der Waals surface area contributed by atoms with E-state index < -0.39 is 0 Å². The summed E-state index contributed by atoms with van der Waals surface area (Å²) in [6.07, 6.45) is 0. The maximum atomic E-state index is 13.4. The molecule has 0 atom stereocenters. The Morgan fingerprint density at radius 2 is 1.79 bits per heavy atom. The molecule has 0 amide bonds. The zero-order chi connectivity index (χ0) is 13.9. The first-order valence-electron chi connectivity index (χ1n) is 6.50. The Kier molecular flexibility index (Phi) is 4.38. The normalized spacial score (nSPS) is 11.8. The van der Waals surface area contributed by atoms with Crippen LogP contribution in [0.2, 0.25) is 0 Å². The lowest BCUT2D eigenvalue weighted by Crippen LogP contribution is -2.12. The first-order valence-corrected chi connectivity index (χ1v) is 7.32. The molecule has 1 heterocycles. The molecule has 1 aromatic carbocycles. The Morgan fingerprint density at radius 3 is 2.42 bits per heavy atom. The van der Waals surface area contributed by atoms with Crippen molar-refractivity contribution >= 4 is 11.3 Å². The largest absolute Gasteiger partial charge is 0.308 e. The van der Waals surface area contributed by atoms with Crippen molar-refractivity contribution < 1.29 is 4.39 Å². The lowest BCUT2D eigenvalue weighted by atomic mass is 9.95. The third-order valence-electron chi connectivity index (χ3n) is 2.97. The van der Waals surface area contributed by atoms with Gasteiger partial charge in [0.1, 0.15) is 5.82 Å². The van der Waals surface area contributed by atoms with Crippen LogP contribution in [0.15, 0.2) is 36.4 Å². The Labute approximate surface area is 118 Å². The minimum atomic E-state index is -0.142. The summed E-state index contributed by atoms with van der Waals surface area (Å²) in [5.41, 5.74) is 0.921. The Hall–Kier alpha value is -1.19. The molecule has 0 spiro atoms. The summed E-state index contributed by atoms with van der Waals surface area (Å²) in [7, 11) is 0. The SMILES string of the molecule is CC(C)(C)c1ccc(CNCc2ccccc2F)s1. The standard InChI is InChI=1S/C16H20FNS/c1-16(2,3)15-9-8-13(19-15)11-18-10-12-6-4-5-7-14(12)17/h4-9,18H,10-11H2,1-3H3. The van der Waals surface area contributed by atoms with E-state index in [1.54, 1.807) is 6.07 Å². The molecule has 1 nitrogen and oxygen atoms in total. The number of nitrogens with one attached hydrogen (secondary N) is 1. The summed E-state index contributed by atoms with van der Waals surface area (Å²) in [4.78, 5) is 2.68. The van der Waals surface area contributed by atoms with Crippen molar-refractivity contribution in [1.82, 2.24) is 5.32 Å². The fourth-order valence-electron chi connectivity index (χ4n) is 1.84. The predicted octanol–water partition coefficient (Wildman–Crippen LogP) is 4.47. The third kappa shape index (κ3) is 3.88. The zero-order valence-electron chi connectivity index (χ0n) is 11.7. The average molecular weight is 277 g/mol. The molecule has 0 unspecified atom stereocenters. The number of thiophene rings is 1. The van der Waals surface area contributed by atoms with Crippen molar-refractivity contribution in [3.63, 3.8) is 0 Å². The van der Waals surface area contributed by atoms with E-state index >= 15 is 0 Å². The summed E-state index contributed by atoms with van der Waals surface area (Å²) in [6.45, 7) is 8.00. The fourth-order valence-corrected chi connectivity index (χ4v) is 2.87. The third-order valence-corrected chi connectivity index (χ3v) is 4.48. The molecule has 0 aliphatic heterocycles. The summed E-state index contributed by atoms with van der Waals surface area (Å²) >= 11 is 1.82. The lowest BCUT2D eigenvalue weighted by molar-refractivity contribution is 0.589. The van der Waals surface area contributed by atoms with Gasteiger partial charge in [-0.2, -0.15) is 0 Å². The van der Waals surface area contributed by atoms with Crippen molar-refractivity contribution in [3.8, 4) is 0 Å². The first-order chi connectivity index (χ1) is 8.97. The van der Waals surface area contributed by atoms with E-state index in [-0.39, 0.29) is 11.2 Å². The van der Waals surface area contributed by atoms with Gasteiger partial charge < -0.3 is 5.32 Å². The maximum Gasteiger partial charge on any atom is 0.127 e. The Morgan fingerprint density at radius 1 is 1.05 bits per heavy atom. The molecular formula is C16H20FNS. The van der Waals surface area contributed by atoms with Crippen LogP contribution >= 0.6 is 11.3 Å². The van der Waals surface area contributed by atoms with Gasteiger partial charge in [0, 0.05) is 28.4 Å². The molecular weight excluding hydrogens is 257 g/mol. The number of rotatable bonds is 4. The van der Waals surface area contributed by atoms with Gasteiger partial charge >= 0.3 is 0 Å². The van der Waals surface area contributed by atoms with Crippen LogP contribution in [0, 0.1) is 5.82 Å². The molecule has 2 rings (SSSR count). The molecule has 3 heteroatoms. The van der Waals surface area contributed by atoms with Crippen LogP contribution in [0.25, 0.3) is 0 Å². The van der Waals surface area contributed by atoms with Crippen LogP contribution in [-0.4, -0.2) is 0 Å². The van der Waals surface area contributed by atoms with Crippen LogP contribution in [0.3, 0.4) is 0 Å². The van der Waals surface area contributed by atoms with E-state index in [0.717, 1.165) is 12.1 Å². The molecule has 1 aromatic heterocycles. The highest BCUT2D eigenvalue weighted by molar-refractivity contribution is 7.12. The van der Waals surface area contributed by atoms with E-state index in [1.165, 1.54) is 15.8 Å². The van der Waals surface area contributed by atoms with Crippen LogP contribution in [0.5, 0.6) is 0 Å². The highest BCUT2D eigenvalue weighted by Gasteiger charge is 2.15. The number of hydrogen-bond donors (Lipinski definition) is 1. The smallest absolute Gasteiger partial charge is 0.127 e. The monoisotopic (exact) mass is 277 g/mol. The van der Waals surface area contributed by atoms with Gasteiger partial charge in [0.05, 0.1) is 0 Å². The molecule has 0 radical (unpaired) electrons. The van der Waals surface area contributed by atoms with E-state index in [0.29, 0.717) is 6.54 Å². The van der Waals surface area contributed by atoms with E-state index in [2.05, 4.69) is 38.2 Å². The molecule has 0 fully saturated rings. The Bertz CT molecular complexity index is 540. The minimum absolute atomic E-state index is 0.142. The second-order valence-electron chi connectivity index (χ2n) is 5.71.